The summed E-state index contributed by atoms with van der Waals surface area (Å²) in [5, 5.41) is 5.31. The molecule has 2 aliphatic rings. The Morgan fingerprint density at radius 2 is 1.87 bits per heavy atom. The molecule has 2 saturated heterocycles. The second kappa shape index (κ2) is 8.47. The lowest BCUT2D eigenvalue weighted by atomic mass is 10.1. The lowest BCUT2D eigenvalue weighted by Gasteiger charge is -2.37. The number of piperazine rings is 1. The molecule has 31 heavy (non-hydrogen) atoms. The van der Waals surface area contributed by atoms with Gasteiger partial charge < -0.3 is 9.80 Å². The van der Waals surface area contributed by atoms with E-state index in [1.54, 1.807) is 0 Å². The normalized spacial score (nSPS) is 21.0. The minimum absolute atomic E-state index is 0.0901. The van der Waals surface area contributed by atoms with Crippen LogP contribution >= 0.6 is 11.6 Å². The number of sulfone groups is 1. The number of anilines is 1. The molecule has 0 radical (unpaired) electrons. The van der Waals surface area contributed by atoms with Gasteiger partial charge in [0.05, 0.1) is 29.7 Å². The monoisotopic (exact) mass is 464 g/mol. The first kappa shape index (κ1) is 22.1. The van der Waals surface area contributed by atoms with Crippen molar-refractivity contribution in [3.8, 4) is 0 Å². The number of rotatable bonds is 4. The first-order chi connectivity index (χ1) is 14.6. The molecule has 0 aliphatic carbocycles. The van der Waals surface area contributed by atoms with Gasteiger partial charge in [-0.25, -0.2) is 8.42 Å². The van der Waals surface area contributed by atoms with Crippen LogP contribution in [0.2, 0.25) is 5.02 Å². The molecule has 9 heteroatoms. The number of aromatic nitrogens is 2. The number of nitrogens with zero attached hydrogens (tertiary/aromatic N) is 4. The van der Waals surface area contributed by atoms with Crippen molar-refractivity contribution >= 4 is 33.0 Å². The lowest BCUT2D eigenvalue weighted by molar-refractivity contribution is -0.130. The van der Waals surface area contributed by atoms with Crippen LogP contribution in [-0.4, -0.2) is 66.7 Å². The maximum atomic E-state index is 13.0. The fourth-order valence-electron chi connectivity index (χ4n) is 4.66. The van der Waals surface area contributed by atoms with Crippen LogP contribution in [0.15, 0.2) is 18.2 Å². The molecule has 1 aromatic heterocycles. The van der Waals surface area contributed by atoms with Crippen molar-refractivity contribution in [1.82, 2.24) is 14.7 Å². The molecule has 3 heterocycles. The van der Waals surface area contributed by atoms with Gasteiger partial charge in [0.15, 0.2) is 9.84 Å². The second-order valence-corrected chi connectivity index (χ2v) is 11.3. The van der Waals surface area contributed by atoms with Gasteiger partial charge in [0, 0.05) is 48.1 Å². The van der Waals surface area contributed by atoms with Gasteiger partial charge in [-0.3, -0.25) is 9.48 Å². The molecule has 2 aromatic rings. The molecule has 0 saturated carbocycles. The maximum absolute atomic E-state index is 13.0. The summed E-state index contributed by atoms with van der Waals surface area (Å²) >= 11 is 6.17. The van der Waals surface area contributed by atoms with E-state index in [0.717, 1.165) is 40.8 Å². The van der Waals surface area contributed by atoms with Crippen LogP contribution in [0.4, 0.5) is 5.69 Å². The van der Waals surface area contributed by atoms with E-state index in [1.807, 2.05) is 41.6 Å². The number of aryl methyl sites for hydroxylation is 2. The topological polar surface area (TPSA) is 75.5 Å². The van der Waals surface area contributed by atoms with E-state index in [1.165, 1.54) is 5.56 Å². The van der Waals surface area contributed by atoms with E-state index in [2.05, 4.69) is 16.9 Å². The Labute approximate surface area is 188 Å². The van der Waals surface area contributed by atoms with Crippen LogP contribution in [-0.2, 0) is 21.1 Å². The van der Waals surface area contributed by atoms with Gasteiger partial charge in [-0.2, -0.15) is 5.10 Å². The first-order valence-corrected chi connectivity index (χ1v) is 12.9. The molecule has 0 N–H and O–H groups in total. The first-order valence-electron chi connectivity index (χ1n) is 10.7. The summed E-state index contributed by atoms with van der Waals surface area (Å²) in [4.78, 5) is 17.2. The summed E-state index contributed by atoms with van der Waals surface area (Å²) in [7, 11) is -2.99. The third kappa shape index (κ3) is 4.60. The van der Waals surface area contributed by atoms with Gasteiger partial charge in [-0.1, -0.05) is 17.7 Å². The average molecular weight is 465 g/mol. The van der Waals surface area contributed by atoms with E-state index in [4.69, 9.17) is 11.6 Å². The van der Waals surface area contributed by atoms with E-state index in [9.17, 15) is 13.2 Å². The number of amides is 1. The molecule has 1 atom stereocenters. The fourth-order valence-corrected chi connectivity index (χ4v) is 6.52. The predicted molar refractivity (Wildman–Crippen MR) is 123 cm³/mol. The standard InChI is InChI=1S/C22H29ClN4O3S/c1-15-4-5-18(23)12-21(15)25-7-9-26(10-8-25)22(28)13-20-16(2)24-27(17(20)3)19-6-11-31(29,30)14-19/h4-5,12,19H,6-11,13-14H2,1-3H3. The molecule has 168 valence electrons. The Kier molecular flexibility index (Phi) is 6.05. The highest BCUT2D eigenvalue weighted by Gasteiger charge is 2.32. The van der Waals surface area contributed by atoms with E-state index in [0.29, 0.717) is 25.9 Å². The zero-order valence-corrected chi connectivity index (χ0v) is 19.8. The maximum Gasteiger partial charge on any atom is 0.227 e. The van der Waals surface area contributed by atoms with Crippen molar-refractivity contribution in [2.75, 3.05) is 42.6 Å². The molecule has 1 aromatic carbocycles. The van der Waals surface area contributed by atoms with Gasteiger partial charge in [-0.15, -0.1) is 0 Å². The van der Waals surface area contributed by atoms with Crippen molar-refractivity contribution in [2.45, 2.75) is 39.7 Å². The molecule has 0 bridgehead atoms. The minimum Gasteiger partial charge on any atom is -0.368 e. The Morgan fingerprint density at radius 1 is 1.16 bits per heavy atom. The number of hydrogen-bond donors (Lipinski definition) is 0. The third-order valence-corrected chi connectivity index (χ3v) is 8.49. The SMILES string of the molecule is Cc1ccc(Cl)cc1N1CCN(C(=O)Cc2c(C)nn(C3CCS(=O)(=O)C3)c2C)CC1. The summed E-state index contributed by atoms with van der Waals surface area (Å²) in [6.45, 7) is 8.77. The highest BCUT2D eigenvalue weighted by molar-refractivity contribution is 7.91. The van der Waals surface area contributed by atoms with Crippen LogP contribution in [0.25, 0.3) is 0 Å². The Balaban J connectivity index is 1.41. The smallest absolute Gasteiger partial charge is 0.227 e. The van der Waals surface area contributed by atoms with Crippen molar-refractivity contribution in [3.05, 3.63) is 45.7 Å². The molecule has 1 unspecified atom stereocenters. The van der Waals surface area contributed by atoms with Gasteiger partial charge >= 0.3 is 0 Å². The van der Waals surface area contributed by atoms with Crippen LogP contribution < -0.4 is 4.90 Å². The highest BCUT2D eigenvalue weighted by Crippen LogP contribution is 2.28. The van der Waals surface area contributed by atoms with Crippen LogP contribution in [0.1, 0.15) is 35.0 Å². The summed E-state index contributed by atoms with van der Waals surface area (Å²) in [5.74, 6) is 0.431. The van der Waals surface area contributed by atoms with Gasteiger partial charge in [0.25, 0.3) is 0 Å². The van der Waals surface area contributed by atoms with Crippen molar-refractivity contribution in [3.63, 3.8) is 0 Å². The summed E-state index contributed by atoms with van der Waals surface area (Å²) in [5.41, 5.74) is 4.93. The molecule has 2 aliphatic heterocycles. The Hall–Kier alpha value is -2.06. The lowest BCUT2D eigenvalue weighted by Crippen LogP contribution is -2.49. The number of hydrogen-bond acceptors (Lipinski definition) is 5. The zero-order chi connectivity index (χ0) is 22.3. The van der Waals surface area contributed by atoms with Crippen molar-refractivity contribution in [2.24, 2.45) is 0 Å². The predicted octanol–water partition coefficient (Wildman–Crippen LogP) is 2.71. The van der Waals surface area contributed by atoms with E-state index >= 15 is 0 Å². The van der Waals surface area contributed by atoms with E-state index in [-0.39, 0.29) is 23.5 Å². The van der Waals surface area contributed by atoms with E-state index < -0.39 is 9.84 Å². The van der Waals surface area contributed by atoms with Crippen molar-refractivity contribution in [1.29, 1.82) is 0 Å². The Morgan fingerprint density at radius 3 is 2.52 bits per heavy atom. The van der Waals surface area contributed by atoms with Gasteiger partial charge in [0.1, 0.15) is 0 Å². The zero-order valence-electron chi connectivity index (χ0n) is 18.3. The van der Waals surface area contributed by atoms with Crippen LogP contribution in [0.5, 0.6) is 0 Å². The van der Waals surface area contributed by atoms with Crippen LogP contribution in [0, 0.1) is 20.8 Å². The average Bonchev–Trinajstić information content (AvgIpc) is 3.23. The molecule has 4 rings (SSSR count). The number of halogens is 1. The molecule has 1 amide bonds. The molecular weight excluding hydrogens is 436 g/mol. The number of carbonyl (C=O) groups is 1. The largest absolute Gasteiger partial charge is 0.368 e. The molecule has 0 spiro atoms. The Bertz CT molecular complexity index is 1100. The summed E-state index contributed by atoms with van der Waals surface area (Å²) in [6.07, 6.45) is 0.885. The fraction of sp³-hybridized carbons (Fsp3) is 0.545. The summed E-state index contributed by atoms with van der Waals surface area (Å²) in [6, 6.07) is 5.77. The van der Waals surface area contributed by atoms with Crippen molar-refractivity contribution < 1.29 is 13.2 Å². The third-order valence-electron chi connectivity index (χ3n) is 6.50. The molecular formula is C22H29ClN4O3S. The summed E-state index contributed by atoms with van der Waals surface area (Å²) < 4.78 is 25.5. The van der Waals surface area contributed by atoms with Crippen LogP contribution in [0.3, 0.4) is 0 Å². The highest BCUT2D eigenvalue weighted by atomic mass is 35.5. The molecule has 7 nitrogen and oxygen atoms in total. The number of benzene rings is 1. The minimum atomic E-state index is -2.99. The molecule has 2 fully saturated rings. The van der Waals surface area contributed by atoms with Gasteiger partial charge in [0.2, 0.25) is 5.91 Å². The quantitative estimate of drug-likeness (QED) is 0.695. The number of carbonyl (C=O) groups excluding carboxylic acids is 1. The second-order valence-electron chi connectivity index (χ2n) is 8.63. The van der Waals surface area contributed by atoms with Gasteiger partial charge in [-0.05, 0) is 44.9 Å².